The molecule has 0 atom stereocenters. The molecule has 0 aliphatic carbocycles. The van der Waals surface area contributed by atoms with E-state index in [1.807, 2.05) is 12.3 Å². The summed E-state index contributed by atoms with van der Waals surface area (Å²) in [5.74, 6) is 4.54. The van der Waals surface area contributed by atoms with E-state index in [1.165, 1.54) is 11.1 Å². The number of ether oxygens (including phenoxy) is 1. The predicted molar refractivity (Wildman–Crippen MR) is 144 cm³/mol. The lowest BCUT2D eigenvalue weighted by Crippen LogP contribution is -2.45. The molecular weight excluding hydrogens is 438 g/mol. The zero-order valence-corrected chi connectivity index (χ0v) is 20.9. The fraction of sp³-hybridized carbons (Fsp3) is 0.481. The molecule has 1 aromatic carbocycles. The Balaban J connectivity index is 1.30. The summed E-state index contributed by atoms with van der Waals surface area (Å²) in [5.41, 5.74) is 9.82. The molecule has 0 radical (unpaired) electrons. The van der Waals surface area contributed by atoms with Crippen LogP contribution in [-0.2, 0) is 6.54 Å². The third kappa shape index (κ3) is 6.31. The molecule has 2 aliphatic heterocycles. The Morgan fingerprint density at radius 3 is 2.69 bits per heavy atom. The van der Waals surface area contributed by atoms with E-state index in [4.69, 9.17) is 11.2 Å². The summed E-state index contributed by atoms with van der Waals surface area (Å²) >= 11 is 0. The van der Waals surface area contributed by atoms with Crippen LogP contribution in [0.3, 0.4) is 0 Å². The number of aromatic amines is 1. The van der Waals surface area contributed by atoms with Gasteiger partial charge in [0, 0.05) is 81.7 Å². The number of hydrazine groups is 1. The first-order valence-corrected chi connectivity index (χ1v) is 12.4. The highest BCUT2D eigenvalue weighted by atomic mass is 16.5. The fourth-order valence-electron chi connectivity index (χ4n) is 4.66. The minimum absolute atomic E-state index is 0.0555. The van der Waals surface area contributed by atoms with Crippen molar-refractivity contribution in [1.29, 1.82) is 0 Å². The molecule has 186 valence electrons. The number of nitrogens with one attached hydrogen (secondary N) is 3. The van der Waals surface area contributed by atoms with Gasteiger partial charge in [0.2, 0.25) is 0 Å². The van der Waals surface area contributed by atoms with Gasteiger partial charge in [-0.15, -0.1) is 12.3 Å². The van der Waals surface area contributed by atoms with Crippen LogP contribution in [0.2, 0.25) is 0 Å². The summed E-state index contributed by atoms with van der Waals surface area (Å²) < 4.78 is 6.02. The minimum atomic E-state index is -0.0555. The maximum atomic E-state index is 6.02. The third-order valence-electron chi connectivity index (χ3n) is 6.79. The van der Waals surface area contributed by atoms with Crippen molar-refractivity contribution in [3.63, 3.8) is 0 Å². The van der Waals surface area contributed by atoms with Gasteiger partial charge >= 0.3 is 0 Å². The molecule has 2 fully saturated rings. The monoisotopic (exact) mass is 475 g/mol. The van der Waals surface area contributed by atoms with Crippen molar-refractivity contribution in [3.05, 3.63) is 41.4 Å². The fourth-order valence-corrected chi connectivity index (χ4v) is 4.66. The van der Waals surface area contributed by atoms with Gasteiger partial charge in [0.1, 0.15) is 11.6 Å². The smallest absolute Gasteiger partial charge is 0.132 e. The molecule has 8 nitrogen and oxygen atoms in total. The molecular formula is C27H37N7O. The van der Waals surface area contributed by atoms with Crippen LogP contribution in [0.25, 0.3) is 10.9 Å². The van der Waals surface area contributed by atoms with E-state index >= 15 is 0 Å². The second kappa shape index (κ2) is 11.5. The number of allylic oxidation sites excluding steroid dienone is 1. The van der Waals surface area contributed by atoms with Crippen molar-refractivity contribution in [1.82, 2.24) is 25.6 Å². The molecule has 0 bridgehead atoms. The molecule has 2 aliphatic rings. The number of terminal acetylenes is 1. The van der Waals surface area contributed by atoms with Gasteiger partial charge in [-0.25, -0.2) is 15.8 Å². The number of aromatic nitrogens is 1. The van der Waals surface area contributed by atoms with Crippen molar-refractivity contribution in [3.8, 4) is 18.1 Å². The van der Waals surface area contributed by atoms with Crippen LogP contribution in [0.15, 0.2) is 45.6 Å². The summed E-state index contributed by atoms with van der Waals surface area (Å²) in [6.07, 6.45) is 10.7. The molecule has 2 saturated heterocycles. The maximum Gasteiger partial charge on any atom is 0.132 e. The second-order valence-corrected chi connectivity index (χ2v) is 9.19. The van der Waals surface area contributed by atoms with Gasteiger partial charge in [-0.2, -0.15) is 0 Å². The van der Waals surface area contributed by atoms with E-state index in [-0.39, 0.29) is 5.66 Å². The Bertz CT molecular complexity index is 1110. The highest BCUT2D eigenvalue weighted by Gasteiger charge is 2.40. The van der Waals surface area contributed by atoms with Crippen LogP contribution >= 0.6 is 0 Å². The largest absolute Gasteiger partial charge is 0.493 e. The first kappa shape index (κ1) is 25.0. The van der Waals surface area contributed by atoms with Crippen LogP contribution in [0.4, 0.5) is 0 Å². The number of benzene rings is 1. The van der Waals surface area contributed by atoms with Crippen LogP contribution in [0.5, 0.6) is 5.75 Å². The Labute approximate surface area is 208 Å². The summed E-state index contributed by atoms with van der Waals surface area (Å²) in [6.45, 7) is 11.3. The van der Waals surface area contributed by atoms with Crippen molar-refractivity contribution in [2.45, 2.75) is 44.8 Å². The SMILES string of the molecule is C#CCCC1(CCOc2ccc3cc(CN4CCN(/C(N=C)=C(/C=NC)CC)CC4)[nH]c3c2)NN1. The molecule has 0 saturated carbocycles. The number of piperazine rings is 1. The number of fused-ring (bicyclic) bond motifs is 1. The highest BCUT2D eigenvalue weighted by Crippen LogP contribution is 2.25. The Morgan fingerprint density at radius 1 is 1.23 bits per heavy atom. The highest BCUT2D eigenvalue weighted by molar-refractivity contribution is 5.82. The molecule has 4 rings (SSSR count). The van der Waals surface area contributed by atoms with Crippen molar-refractivity contribution in [2.75, 3.05) is 39.8 Å². The molecule has 1 aromatic heterocycles. The second-order valence-electron chi connectivity index (χ2n) is 9.19. The van der Waals surface area contributed by atoms with Gasteiger partial charge in [0.25, 0.3) is 0 Å². The zero-order chi connectivity index (χ0) is 24.7. The molecule has 3 N–H and O–H groups in total. The van der Waals surface area contributed by atoms with Crippen LogP contribution < -0.4 is 15.6 Å². The van der Waals surface area contributed by atoms with Crippen molar-refractivity contribution < 1.29 is 4.74 Å². The summed E-state index contributed by atoms with van der Waals surface area (Å²) in [6, 6.07) is 8.50. The lowest BCUT2D eigenvalue weighted by molar-refractivity contribution is 0.150. The maximum absolute atomic E-state index is 6.02. The van der Waals surface area contributed by atoms with Crippen molar-refractivity contribution in [2.24, 2.45) is 9.98 Å². The quantitative estimate of drug-likeness (QED) is 0.248. The standard InChI is InChI=1S/C27H37N7O/c1-5-7-10-27(31-32-27)11-16-35-24-9-8-22-17-23(30-25(22)18-24)20-33-12-14-34(15-13-33)26(29-4)21(6-2)19-28-3/h1,8-9,17-19,30-32H,4,6-7,10-16,20H2,2-3H3/b26-21+,28-19?. The Hall–Kier alpha value is -3.12. The first-order valence-electron chi connectivity index (χ1n) is 12.4. The minimum Gasteiger partial charge on any atom is -0.493 e. The molecule has 0 spiro atoms. The number of hydrogen-bond donors (Lipinski definition) is 3. The van der Waals surface area contributed by atoms with E-state index in [0.717, 1.165) is 81.1 Å². The van der Waals surface area contributed by atoms with E-state index in [9.17, 15) is 0 Å². The molecule has 0 amide bonds. The number of nitrogens with zero attached hydrogens (tertiary/aromatic N) is 4. The average molecular weight is 476 g/mol. The third-order valence-corrected chi connectivity index (χ3v) is 6.79. The van der Waals surface area contributed by atoms with E-state index in [2.05, 4.69) is 73.4 Å². The topological polar surface area (TPSA) is 100 Å². The Kier molecular flexibility index (Phi) is 8.24. The van der Waals surface area contributed by atoms with Crippen LogP contribution in [-0.4, -0.2) is 73.2 Å². The molecule has 0 unspecified atom stereocenters. The molecule has 35 heavy (non-hydrogen) atoms. The van der Waals surface area contributed by atoms with E-state index < -0.39 is 0 Å². The average Bonchev–Trinajstić information content (AvgIpc) is 3.53. The lowest BCUT2D eigenvalue weighted by Gasteiger charge is -2.36. The van der Waals surface area contributed by atoms with Crippen molar-refractivity contribution >= 4 is 23.8 Å². The van der Waals surface area contributed by atoms with Gasteiger partial charge in [0.15, 0.2) is 0 Å². The van der Waals surface area contributed by atoms with Crippen LogP contribution in [0, 0.1) is 12.3 Å². The summed E-state index contributed by atoms with van der Waals surface area (Å²) in [4.78, 5) is 16.9. The van der Waals surface area contributed by atoms with Crippen LogP contribution in [0.1, 0.15) is 38.3 Å². The van der Waals surface area contributed by atoms with E-state index in [1.54, 1.807) is 7.05 Å². The summed E-state index contributed by atoms with van der Waals surface area (Å²) in [7, 11) is 1.80. The van der Waals surface area contributed by atoms with Gasteiger partial charge in [0.05, 0.1) is 12.3 Å². The number of aliphatic imine (C=N–C) groups is 2. The number of hydrogen-bond acceptors (Lipinski definition) is 7. The predicted octanol–water partition coefficient (Wildman–Crippen LogP) is 3.29. The normalized spacial score (nSPS) is 18.5. The molecule has 2 aromatic rings. The van der Waals surface area contributed by atoms with Gasteiger partial charge < -0.3 is 14.6 Å². The lowest BCUT2D eigenvalue weighted by atomic mass is 10.1. The van der Waals surface area contributed by atoms with Gasteiger partial charge in [-0.3, -0.25) is 9.89 Å². The van der Waals surface area contributed by atoms with Gasteiger partial charge in [-0.1, -0.05) is 6.92 Å². The first-order chi connectivity index (χ1) is 17.1. The summed E-state index contributed by atoms with van der Waals surface area (Å²) in [5, 5.41) is 1.20. The van der Waals surface area contributed by atoms with Gasteiger partial charge in [-0.05, 0) is 43.1 Å². The molecule has 8 heteroatoms. The number of rotatable bonds is 12. The molecule has 3 heterocycles. The number of H-pyrrole nitrogens is 1. The Morgan fingerprint density at radius 2 is 2.03 bits per heavy atom. The zero-order valence-electron chi connectivity index (χ0n) is 20.9. The van der Waals surface area contributed by atoms with E-state index in [0.29, 0.717) is 6.61 Å².